The van der Waals surface area contributed by atoms with Gasteiger partial charge < -0.3 is 11.1 Å². The summed E-state index contributed by atoms with van der Waals surface area (Å²) in [4.78, 5) is 13.1. The van der Waals surface area contributed by atoms with Gasteiger partial charge in [-0.05, 0) is 29.5 Å². The van der Waals surface area contributed by atoms with Crippen molar-refractivity contribution in [1.82, 2.24) is 5.32 Å². The van der Waals surface area contributed by atoms with Gasteiger partial charge in [-0.1, -0.05) is 19.9 Å². The highest BCUT2D eigenvalue weighted by Gasteiger charge is 2.25. The minimum atomic E-state index is -1.03. The summed E-state index contributed by atoms with van der Waals surface area (Å²) in [6.45, 7) is 3.85. The van der Waals surface area contributed by atoms with Gasteiger partial charge in [0.25, 0.3) is 5.91 Å². The molecule has 0 aliphatic carbocycles. The Balaban J connectivity index is 2.31. The average molecular weight is 310 g/mol. The minimum Gasteiger partial charge on any atom is -0.396 e. The van der Waals surface area contributed by atoms with E-state index in [2.05, 4.69) is 5.32 Å². The van der Waals surface area contributed by atoms with Crippen LogP contribution in [-0.4, -0.2) is 5.91 Å². The maximum atomic E-state index is 13.9. The lowest BCUT2D eigenvalue weighted by atomic mass is 10.0. The zero-order valence-electron chi connectivity index (χ0n) is 11.7. The van der Waals surface area contributed by atoms with Crippen LogP contribution in [-0.2, 0) is 0 Å². The number of rotatable bonds is 4. The van der Waals surface area contributed by atoms with Gasteiger partial charge >= 0.3 is 0 Å². The molecule has 0 saturated heterocycles. The quantitative estimate of drug-likeness (QED) is 0.845. The zero-order valence-corrected chi connectivity index (χ0v) is 12.5. The van der Waals surface area contributed by atoms with Gasteiger partial charge in [0.05, 0.1) is 11.7 Å². The predicted octanol–water partition coefficient (Wildman–Crippen LogP) is 3.74. The van der Waals surface area contributed by atoms with Crippen LogP contribution in [0, 0.1) is 17.6 Å². The molecule has 21 heavy (non-hydrogen) atoms. The molecule has 0 aliphatic rings. The Hall–Kier alpha value is -1.95. The third kappa shape index (κ3) is 3.21. The standard InChI is InChI=1S/C15H16F2N2OS/c1-8(2)14(11-4-3-7-21-11)19-15(20)12-9(16)5-6-10(18)13(12)17/h3-8,14H,18H2,1-2H3,(H,19,20). The first-order valence-electron chi connectivity index (χ1n) is 6.49. The molecule has 1 atom stereocenters. The summed E-state index contributed by atoms with van der Waals surface area (Å²) in [5.41, 5.74) is 4.50. The first-order chi connectivity index (χ1) is 9.91. The van der Waals surface area contributed by atoms with E-state index in [0.717, 1.165) is 17.0 Å². The SMILES string of the molecule is CC(C)C(NC(=O)c1c(F)ccc(N)c1F)c1cccs1. The number of thiophene rings is 1. The van der Waals surface area contributed by atoms with Crippen molar-refractivity contribution < 1.29 is 13.6 Å². The first kappa shape index (κ1) is 15.4. The van der Waals surface area contributed by atoms with E-state index >= 15 is 0 Å². The van der Waals surface area contributed by atoms with Gasteiger partial charge in [-0.15, -0.1) is 11.3 Å². The molecule has 3 nitrogen and oxygen atoms in total. The van der Waals surface area contributed by atoms with E-state index in [1.54, 1.807) is 0 Å². The smallest absolute Gasteiger partial charge is 0.257 e. The Morgan fingerprint density at radius 3 is 2.57 bits per heavy atom. The van der Waals surface area contributed by atoms with E-state index in [1.807, 2.05) is 31.4 Å². The van der Waals surface area contributed by atoms with Gasteiger partial charge in [0, 0.05) is 4.88 Å². The monoisotopic (exact) mass is 310 g/mol. The number of hydrogen-bond acceptors (Lipinski definition) is 3. The molecule has 0 spiro atoms. The summed E-state index contributed by atoms with van der Waals surface area (Å²) in [5, 5.41) is 4.57. The van der Waals surface area contributed by atoms with E-state index in [9.17, 15) is 13.6 Å². The van der Waals surface area contributed by atoms with Crippen LogP contribution in [0.15, 0.2) is 29.6 Å². The molecule has 0 radical (unpaired) electrons. The number of nitrogens with one attached hydrogen (secondary N) is 1. The third-order valence-corrected chi connectivity index (χ3v) is 4.11. The highest BCUT2D eigenvalue weighted by atomic mass is 32.1. The lowest BCUT2D eigenvalue weighted by molar-refractivity contribution is 0.0918. The van der Waals surface area contributed by atoms with Gasteiger partial charge in [0.2, 0.25) is 0 Å². The van der Waals surface area contributed by atoms with Crippen LogP contribution in [0.1, 0.15) is 35.1 Å². The molecule has 1 heterocycles. The molecule has 0 fully saturated rings. The lowest BCUT2D eigenvalue weighted by Crippen LogP contribution is -2.32. The van der Waals surface area contributed by atoms with Crippen molar-refractivity contribution in [3.63, 3.8) is 0 Å². The molecule has 2 aromatic rings. The molecular formula is C15H16F2N2OS. The minimum absolute atomic E-state index is 0.0831. The lowest BCUT2D eigenvalue weighted by Gasteiger charge is -2.21. The van der Waals surface area contributed by atoms with Crippen molar-refractivity contribution in [3.8, 4) is 0 Å². The maximum Gasteiger partial charge on any atom is 0.257 e. The second-order valence-electron chi connectivity index (χ2n) is 5.04. The maximum absolute atomic E-state index is 13.9. The molecule has 112 valence electrons. The zero-order chi connectivity index (χ0) is 15.6. The van der Waals surface area contributed by atoms with Crippen molar-refractivity contribution in [3.05, 3.63) is 51.7 Å². The summed E-state index contributed by atoms with van der Waals surface area (Å²) in [7, 11) is 0. The molecule has 6 heteroatoms. The molecule has 1 unspecified atom stereocenters. The van der Waals surface area contributed by atoms with E-state index in [-0.39, 0.29) is 17.6 Å². The number of anilines is 1. The second-order valence-corrected chi connectivity index (χ2v) is 6.02. The van der Waals surface area contributed by atoms with E-state index in [1.165, 1.54) is 11.3 Å². The molecular weight excluding hydrogens is 294 g/mol. The Kier molecular flexibility index (Phi) is 4.57. The number of carbonyl (C=O) groups excluding carboxylic acids is 1. The summed E-state index contributed by atoms with van der Waals surface area (Å²) < 4.78 is 27.6. The van der Waals surface area contributed by atoms with E-state index in [4.69, 9.17) is 5.73 Å². The van der Waals surface area contributed by atoms with Gasteiger partial charge in [0.15, 0.2) is 5.82 Å². The summed E-state index contributed by atoms with van der Waals surface area (Å²) in [6, 6.07) is 5.52. The van der Waals surface area contributed by atoms with Crippen LogP contribution in [0.2, 0.25) is 0 Å². The van der Waals surface area contributed by atoms with Gasteiger partial charge in [-0.3, -0.25) is 4.79 Å². The second kappa shape index (κ2) is 6.22. The highest BCUT2D eigenvalue weighted by Crippen LogP contribution is 2.27. The van der Waals surface area contributed by atoms with E-state index in [0.29, 0.717) is 0 Å². The summed E-state index contributed by atoms with van der Waals surface area (Å²) >= 11 is 1.48. The summed E-state index contributed by atoms with van der Waals surface area (Å²) in [6.07, 6.45) is 0. The Bertz CT molecular complexity index is 641. The van der Waals surface area contributed by atoms with Crippen LogP contribution in [0.25, 0.3) is 0 Å². The number of halogens is 2. The van der Waals surface area contributed by atoms with Crippen molar-refractivity contribution in [2.45, 2.75) is 19.9 Å². The van der Waals surface area contributed by atoms with Crippen LogP contribution in [0.3, 0.4) is 0 Å². The number of nitrogens with two attached hydrogens (primary N) is 1. The normalized spacial score (nSPS) is 12.4. The molecule has 0 aliphatic heterocycles. The number of hydrogen-bond donors (Lipinski definition) is 2. The fourth-order valence-electron chi connectivity index (χ4n) is 2.02. The Morgan fingerprint density at radius 1 is 1.29 bits per heavy atom. The predicted molar refractivity (Wildman–Crippen MR) is 80.1 cm³/mol. The Morgan fingerprint density at radius 2 is 2.00 bits per heavy atom. The van der Waals surface area contributed by atoms with Crippen molar-refractivity contribution in [2.75, 3.05) is 5.73 Å². The fraction of sp³-hybridized carbons (Fsp3) is 0.267. The first-order valence-corrected chi connectivity index (χ1v) is 7.37. The number of nitrogen functional groups attached to an aromatic ring is 1. The number of carbonyl (C=O) groups is 1. The Labute approximate surface area is 125 Å². The fourth-order valence-corrected chi connectivity index (χ4v) is 2.97. The van der Waals surface area contributed by atoms with Gasteiger partial charge in [-0.2, -0.15) is 0 Å². The molecule has 3 N–H and O–H groups in total. The molecule has 2 rings (SSSR count). The largest absolute Gasteiger partial charge is 0.396 e. The topological polar surface area (TPSA) is 55.1 Å². The number of benzene rings is 1. The van der Waals surface area contributed by atoms with Gasteiger partial charge in [-0.25, -0.2) is 8.78 Å². The van der Waals surface area contributed by atoms with Crippen molar-refractivity contribution in [2.24, 2.45) is 5.92 Å². The van der Waals surface area contributed by atoms with Crippen LogP contribution in [0.5, 0.6) is 0 Å². The third-order valence-electron chi connectivity index (χ3n) is 3.15. The number of amides is 1. The molecule has 0 saturated carbocycles. The molecule has 0 bridgehead atoms. The van der Waals surface area contributed by atoms with Crippen molar-refractivity contribution >= 4 is 22.9 Å². The highest BCUT2D eigenvalue weighted by molar-refractivity contribution is 7.10. The van der Waals surface area contributed by atoms with Gasteiger partial charge in [0.1, 0.15) is 11.4 Å². The molecule has 1 aromatic heterocycles. The van der Waals surface area contributed by atoms with Crippen LogP contribution < -0.4 is 11.1 Å². The summed E-state index contributed by atoms with van der Waals surface area (Å²) in [5.74, 6) is -2.67. The molecule has 1 aromatic carbocycles. The molecule has 1 amide bonds. The van der Waals surface area contributed by atoms with Crippen molar-refractivity contribution in [1.29, 1.82) is 0 Å². The van der Waals surface area contributed by atoms with E-state index < -0.39 is 23.1 Å². The van der Waals surface area contributed by atoms with Crippen LogP contribution >= 0.6 is 11.3 Å². The van der Waals surface area contributed by atoms with Crippen LogP contribution in [0.4, 0.5) is 14.5 Å². The average Bonchev–Trinajstić information content (AvgIpc) is 2.94.